The van der Waals surface area contributed by atoms with E-state index in [9.17, 15) is 5.11 Å². The van der Waals surface area contributed by atoms with Crippen LogP contribution in [0.15, 0.2) is 50.7 Å². The first-order chi connectivity index (χ1) is 8.25. The van der Waals surface area contributed by atoms with E-state index < -0.39 is 6.10 Å². The number of hydrogen-bond acceptors (Lipinski definition) is 3. The minimum Gasteiger partial charge on any atom is -0.458 e. The Labute approximate surface area is 111 Å². The van der Waals surface area contributed by atoms with E-state index in [2.05, 4.69) is 15.9 Å². The molecule has 0 amide bonds. The fraction of sp³-hybridized carbons (Fsp3) is 0.0769. The highest BCUT2D eigenvalue weighted by atomic mass is 79.9. The summed E-state index contributed by atoms with van der Waals surface area (Å²) in [5.41, 5.74) is 0.800. The Hall–Kier alpha value is -1.10. The Kier molecular flexibility index (Phi) is 2.78. The van der Waals surface area contributed by atoms with Crippen LogP contribution in [0.5, 0.6) is 0 Å². The number of para-hydroxylation sites is 1. The van der Waals surface area contributed by atoms with Crippen molar-refractivity contribution in [2.75, 3.05) is 0 Å². The summed E-state index contributed by atoms with van der Waals surface area (Å²) in [5.74, 6) is 0.578. The number of fused-ring (bicyclic) bond motifs is 1. The van der Waals surface area contributed by atoms with Gasteiger partial charge in [0.15, 0.2) is 0 Å². The van der Waals surface area contributed by atoms with Gasteiger partial charge in [-0.2, -0.15) is 0 Å². The van der Waals surface area contributed by atoms with E-state index in [4.69, 9.17) is 4.42 Å². The van der Waals surface area contributed by atoms with Crippen molar-refractivity contribution in [3.63, 3.8) is 0 Å². The van der Waals surface area contributed by atoms with Crippen molar-refractivity contribution in [1.29, 1.82) is 0 Å². The van der Waals surface area contributed by atoms with Gasteiger partial charge in [-0.25, -0.2) is 0 Å². The van der Waals surface area contributed by atoms with Gasteiger partial charge in [-0.05, 0) is 39.5 Å². The zero-order valence-corrected chi connectivity index (χ0v) is 11.2. The Morgan fingerprint density at radius 3 is 2.76 bits per heavy atom. The number of halogens is 1. The lowest BCUT2D eigenvalue weighted by Gasteiger charge is -2.05. The quantitative estimate of drug-likeness (QED) is 0.764. The summed E-state index contributed by atoms with van der Waals surface area (Å²) in [7, 11) is 0. The second kappa shape index (κ2) is 4.29. The van der Waals surface area contributed by atoms with Gasteiger partial charge in [0.05, 0.1) is 4.88 Å². The highest BCUT2D eigenvalue weighted by molar-refractivity contribution is 9.10. The highest BCUT2D eigenvalue weighted by Gasteiger charge is 2.19. The lowest BCUT2D eigenvalue weighted by atomic mass is 10.2. The van der Waals surface area contributed by atoms with Gasteiger partial charge in [0.25, 0.3) is 0 Å². The van der Waals surface area contributed by atoms with Crippen LogP contribution in [0.25, 0.3) is 11.0 Å². The second-order valence-corrected chi connectivity index (χ2v) is 5.52. The van der Waals surface area contributed by atoms with E-state index in [1.165, 1.54) is 11.3 Å². The van der Waals surface area contributed by atoms with Crippen LogP contribution >= 0.6 is 27.3 Å². The molecular formula is C13H9BrO2S. The van der Waals surface area contributed by atoms with Crippen molar-refractivity contribution >= 4 is 38.2 Å². The Balaban J connectivity index is 2.07. The molecule has 1 unspecified atom stereocenters. The van der Waals surface area contributed by atoms with Crippen LogP contribution in [0.1, 0.15) is 16.7 Å². The minimum absolute atomic E-state index is 0.578. The van der Waals surface area contributed by atoms with Gasteiger partial charge in [-0.3, -0.25) is 0 Å². The van der Waals surface area contributed by atoms with Crippen molar-refractivity contribution in [1.82, 2.24) is 0 Å². The number of furan rings is 1. The van der Waals surface area contributed by atoms with Gasteiger partial charge in [0, 0.05) is 9.86 Å². The summed E-state index contributed by atoms with van der Waals surface area (Å²) < 4.78 is 6.56. The smallest absolute Gasteiger partial charge is 0.147 e. The zero-order chi connectivity index (χ0) is 11.8. The van der Waals surface area contributed by atoms with E-state index in [0.29, 0.717) is 5.76 Å². The van der Waals surface area contributed by atoms with Crippen molar-refractivity contribution in [2.45, 2.75) is 6.10 Å². The maximum absolute atomic E-state index is 10.2. The van der Waals surface area contributed by atoms with Gasteiger partial charge >= 0.3 is 0 Å². The average molecular weight is 309 g/mol. The molecule has 1 atom stereocenters. The third-order valence-electron chi connectivity index (χ3n) is 2.61. The van der Waals surface area contributed by atoms with Crippen LogP contribution in [0.2, 0.25) is 0 Å². The Morgan fingerprint density at radius 2 is 2.06 bits per heavy atom. The molecule has 86 valence electrons. The molecule has 4 heteroatoms. The van der Waals surface area contributed by atoms with Crippen molar-refractivity contribution in [3.8, 4) is 0 Å². The number of rotatable bonds is 2. The normalized spacial score (nSPS) is 13.1. The van der Waals surface area contributed by atoms with Crippen molar-refractivity contribution in [3.05, 3.63) is 56.9 Å². The van der Waals surface area contributed by atoms with Crippen molar-refractivity contribution in [2.24, 2.45) is 0 Å². The topological polar surface area (TPSA) is 33.4 Å². The first-order valence-electron chi connectivity index (χ1n) is 5.15. The van der Waals surface area contributed by atoms with Gasteiger partial charge in [0.2, 0.25) is 0 Å². The van der Waals surface area contributed by atoms with Gasteiger partial charge in [0.1, 0.15) is 17.4 Å². The molecule has 0 bridgehead atoms. The molecule has 2 aromatic heterocycles. The maximum atomic E-state index is 10.2. The molecule has 2 heterocycles. The number of benzene rings is 1. The summed E-state index contributed by atoms with van der Waals surface area (Å²) in [6, 6.07) is 11.5. The fourth-order valence-electron chi connectivity index (χ4n) is 1.77. The summed E-state index contributed by atoms with van der Waals surface area (Å²) in [6.45, 7) is 0. The number of aliphatic hydroxyl groups excluding tert-OH is 1. The molecule has 0 radical (unpaired) electrons. The molecule has 0 saturated heterocycles. The molecule has 0 aliphatic carbocycles. The Morgan fingerprint density at radius 1 is 1.24 bits per heavy atom. The standard InChI is InChI=1S/C13H9BrO2S/c14-9-5-6-17-13(9)12(15)11-7-8-3-1-2-4-10(8)16-11/h1-7,12,15H. The number of hydrogen-bond donors (Lipinski definition) is 1. The van der Waals surface area contributed by atoms with Gasteiger partial charge < -0.3 is 9.52 Å². The third-order valence-corrected chi connectivity index (χ3v) is 4.53. The van der Waals surface area contributed by atoms with E-state index in [0.717, 1.165) is 20.3 Å². The largest absolute Gasteiger partial charge is 0.458 e. The van der Waals surface area contributed by atoms with E-state index >= 15 is 0 Å². The monoisotopic (exact) mass is 308 g/mol. The highest BCUT2D eigenvalue weighted by Crippen LogP contribution is 2.35. The molecule has 2 nitrogen and oxygen atoms in total. The van der Waals surface area contributed by atoms with Crippen LogP contribution in [0, 0.1) is 0 Å². The molecule has 0 aliphatic rings. The molecule has 0 aliphatic heterocycles. The summed E-state index contributed by atoms with van der Waals surface area (Å²) in [4.78, 5) is 0.865. The lowest BCUT2D eigenvalue weighted by Crippen LogP contribution is -1.95. The first kappa shape index (κ1) is 11.0. The molecule has 3 rings (SSSR count). The van der Waals surface area contributed by atoms with E-state index in [1.54, 1.807) is 0 Å². The molecule has 1 N–H and O–H groups in total. The van der Waals surface area contributed by atoms with Crippen LogP contribution in [-0.2, 0) is 0 Å². The third kappa shape index (κ3) is 1.92. The predicted molar refractivity (Wildman–Crippen MR) is 72.3 cm³/mol. The summed E-state index contributed by atoms with van der Waals surface area (Å²) >= 11 is 4.92. The van der Waals surface area contributed by atoms with Crippen molar-refractivity contribution < 1.29 is 9.52 Å². The molecule has 3 aromatic rings. The SMILES string of the molecule is OC(c1cc2ccccc2o1)c1sccc1Br. The van der Waals surface area contributed by atoms with Crippen LogP contribution in [0.3, 0.4) is 0 Å². The fourth-order valence-corrected chi connectivity index (χ4v) is 3.35. The van der Waals surface area contributed by atoms with E-state index in [1.807, 2.05) is 41.8 Å². The number of thiophene rings is 1. The maximum Gasteiger partial charge on any atom is 0.147 e. The molecule has 0 fully saturated rings. The van der Waals surface area contributed by atoms with Gasteiger partial charge in [-0.15, -0.1) is 11.3 Å². The Bertz CT molecular complexity index is 623. The molecular weight excluding hydrogens is 300 g/mol. The average Bonchev–Trinajstić information content (AvgIpc) is 2.93. The van der Waals surface area contributed by atoms with Crippen LogP contribution in [0.4, 0.5) is 0 Å². The molecule has 17 heavy (non-hydrogen) atoms. The molecule has 0 spiro atoms. The van der Waals surface area contributed by atoms with E-state index in [-0.39, 0.29) is 0 Å². The van der Waals surface area contributed by atoms with Gasteiger partial charge in [-0.1, -0.05) is 18.2 Å². The molecule has 1 aromatic carbocycles. The minimum atomic E-state index is -0.711. The van der Waals surface area contributed by atoms with Crippen LogP contribution < -0.4 is 0 Å². The summed E-state index contributed by atoms with van der Waals surface area (Å²) in [5, 5.41) is 13.2. The number of aliphatic hydroxyl groups is 1. The zero-order valence-electron chi connectivity index (χ0n) is 8.76. The van der Waals surface area contributed by atoms with Crippen LogP contribution in [-0.4, -0.2) is 5.11 Å². The molecule has 0 saturated carbocycles. The summed E-state index contributed by atoms with van der Waals surface area (Å²) in [6.07, 6.45) is -0.711. The second-order valence-electron chi connectivity index (χ2n) is 3.72. The predicted octanol–water partition coefficient (Wildman–Crippen LogP) is 4.34. The lowest BCUT2D eigenvalue weighted by molar-refractivity contribution is 0.195. The first-order valence-corrected chi connectivity index (χ1v) is 6.82.